The summed E-state index contributed by atoms with van der Waals surface area (Å²) in [6.07, 6.45) is 4.32. The zero-order valence-corrected chi connectivity index (χ0v) is 9.98. The van der Waals surface area contributed by atoms with Crippen LogP contribution in [-0.2, 0) is 4.79 Å². The highest BCUT2D eigenvalue weighted by atomic mass is 32.2. The van der Waals surface area contributed by atoms with Crippen molar-refractivity contribution in [3.63, 3.8) is 0 Å². The highest BCUT2D eigenvalue weighted by Crippen LogP contribution is 2.35. The van der Waals surface area contributed by atoms with Crippen LogP contribution in [-0.4, -0.2) is 34.2 Å². The maximum atomic E-state index is 11.4. The van der Waals surface area contributed by atoms with Crippen molar-refractivity contribution < 1.29 is 9.90 Å². The number of thioether (sulfide) groups is 1. The Balaban J connectivity index is 2.00. The first kappa shape index (κ1) is 11.3. The smallest absolute Gasteiger partial charge is 0.324 e. The summed E-state index contributed by atoms with van der Waals surface area (Å²) in [5.41, 5.74) is -0.648. The van der Waals surface area contributed by atoms with E-state index in [1.807, 2.05) is 0 Å². The third-order valence-electron chi connectivity index (χ3n) is 3.48. The minimum atomic E-state index is -0.665. The maximum Gasteiger partial charge on any atom is 0.324 e. The van der Waals surface area contributed by atoms with Crippen LogP contribution in [0.3, 0.4) is 0 Å². The molecular weight excluding hydrogens is 210 g/mol. The second kappa shape index (κ2) is 4.34. The van der Waals surface area contributed by atoms with Crippen molar-refractivity contribution in [2.75, 3.05) is 11.5 Å². The first-order valence-electron chi connectivity index (χ1n) is 5.73. The van der Waals surface area contributed by atoms with Crippen molar-refractivity contribution in [1.29, 1.82) is 0 Å². The van der Waals surface area contributed by atoms with Crippen LogP contribution in [0.2, 0.25) is 0 Å². The molecule has 1 saturated heterocycles. The lowest BCUT2D eigenvalue weighted by atomic mass is 9.93. The molecule has 2 rings (SSSR count). The van der Waals surface area contributed by atoms with E-state index in [9.17, 15) is 9.90 Å². The molecule has 86 valence electrons. The van der Waals surface area contributed by atoms with Crippen molar-refractivity contribution >= 4 is 17.7 Å². The van der Waals surface area contributed by atoms with E-state index in [-0.39, 0.29) is 0 Å². The molecule has 0 spiro atoms. The van der Waals surface area contributed by atoms with E-state index in [0.717, 1.165) is 24.3 Å². The van der Waals surface area contributed by atoms with Crippen LogP contribution in [0.1, 0.15) is 32.6 Å². The van der Waals surface area contributed by atoms with E-state index in [4.69, 9.17) is 0 Å². The molecule has 3 nitrogen and oxygen atoms in total. The fourth-order valence-corrected chi connectivity index (χ4v) is 3.48. The van der Waals surface area contributed by atoms with Crippen molar-refractivity contribution in [3.05, 3.63) is 0 Å². The van der Waals surface area contributed by atoms with E-state index in [1.165, 1.54) is 12.8 Å². The summed E-state index contributed by atoms with van der Waals surface area (Å²) in [5.74, 6) is 1.88. The summed E-state index contributed by atoms with van der Waals surface area (Å²) >= 11 is 1.76. The van der Waals surface area contributed by atoms with Crippen molar-refractivity contribution in [1.82, 2.24) is 5.32 Å². The molecule has 2 N–H and O–H groups in total. The predicted octanol–water partition coefficient (Wildman–Crippen LogP) is 1.72. The van der Waals surface area contributed by atoms with Crippen LogP contribution in [0.25, 0.3) is 0 Å². The van der Waals surface area contributed by atoms with Gasteiger partial charge in [-0.2, -0.15) is 11.8 Å². The van der Waals surface area contributed by atoms with Gasteiger partial charge in [0.05, 0.1) is 0 Å². The molecule has 0 radical (unpaired) electrons. The minimum absolute atomic E-state index is 0.361. The lowest BCUT2D eigenvalue weighted by Gasteiger charge is -2.36. The Morgan fingerprint density at radius 2 is 2.33 bits per heavy atom. The van der Waals surface area contributed by atoms with Gasteiger partial charge >= 0.3 is 5.97 Å². The van der Waals surface area contributed by atoms with Crippen LogP contribution in [0.4, 0.5) is 0 Å². The van der Waals surface area contributed by atoms with Gasteiger partial charge in [0.25, 0.3) is 0 Å². The SMILES string of the molecule is CC(NC1(C(=O)O)CCCSC1)C1CC1. The van der Waals surface area contributed by atoms with Gasteiger partial charge in [0.15, 0.2) is 0 Å². The van der Waals surface area contributed by atoms with Gasteiger partial charge in [-0.25, -0.2) is 0 Å². The van der Waals surface area contributed by atoms with E-state index in [0.29, 0.717) is 12.0 Å². The summed E-state index contributed by atoms with van der Waals surface area (Å²) in [4.78, 5) is 11.4. The van der Waals surface area contributed by atoms with E-state index >= 15 is 0 Å². The van der Waals surface area contributed by atoms with Gasteiger partial charge in [-0.1, -0.05) is 0 Å². The van der Waals surface area contributed by atoms with Gasteiger partial charge in [-0.15, -0.1) is 0 Å². The number of nitrogens with one attached hydrogen (secondary N) is 1. The molecule has 1 heterocycles. The molecule has 1 aliphatic carbocycles. The lowest BCUT2D eigenvalue weighted by Crippen LogP contribution is -2.58. The van der Waals surface area contributed by atoms with Gasteiger partial charge < -0.3 is 5.11 Å². The zero-order chi connectivity index (χ0) is 10.9. The molecule has 2 atom stereocenters. The molecule has 1 aliphatic heterocycles. The summed E-state index contributed by atoms with van der Waals surface area (Å²) < 4.78 is 0. The summed E-state index contributed by atoms with van der Waals surface area (Å²) in [6, 6.07) is 0.361. The monoisotopic (exact) mass is 229 g/mol. The normalized spacial score (nSPS) is 33.7. The summed E-state index contributed by atoms with van der Waals surface area (Å²) in [6.45, 7) is 2.13. The molecule has 4 heteroatoms. The standard InChI is InChI=1S/C11H19NO2S/c1-8(9-3-4-9)12-11(10(13)14)5-2-6-15-7-11/h8-9,12H,2-7H2,1H3,(H,13,14). The summed E-state index contributed by atoms with van der Waals surface area (Å²) in [5, 5.41) is 12.7. The van der Waals surface area contributed by atoms with Crippen molar-refractivity contribution in [2.24, 2.45) is 5.92 Å². The molecule has 0 aromatic rings. The number of hydrogen-bond acceptors (Lipinski definition) is 3. The maximum absolute atomic E-state index is 11.4. The molecule has 2 aliphatic rings. The number of carboxylic acids is 1. The average Bonchev–Trinajstić information content (AvgIpc) is 3.02. The molecule has 2 unspecified atom stereocenters. The lowest BCUT2D eigenvalue weighted by molar-refractivity contribution is -0.144. The first-order chi connectivity index (χ1) is 7.14. The average molecular weight is 229 g/mol. The Kier molecular flexibility index (Phi) is 3.26. The van der Waals surface area contributed by atoms with Crippen LogP contribution in [0.15, 0.2) is 0 Å². The third-order valence-corrected chi connectivity index (χ3v) is 4.76. The number of aliphatic carboxylic acids is 1. The van der Waals surface area contributed by atoms with Crippen LogP contribution < -0.4 is 5.32 Å². The first-order valence-corrected chi connectivity index (χ1v) is 6.88. The van der Waals surface area contributed by atoms with E-state index < -0.39 is 11.5 Å². The van der Waals surface area contributed by atoms with Crippen molar-refractivity contribution in [3.8, 4) is 0 Å². The Morgan fingerprint density at radius 1 is 1.60 bits per heavy atom. The van der Waals surface area contributed by atoms with E-state index in [1.54, 1.807) is 11.8 Å². The number of carboxylic acid groups (broad SMARTS) is 1. The molecule has 0 aromatic carbocycles. The van der Waals surface area contributed by atoms with Gasteiger partial charge in [-0.3, -0.25) is 10.1 Å². The fraction of sp³-hybridized carbons (Fsp3) is 0.909. The molecule has 0 aromatic heterocycles. The van der Waals surface area contributed by atoms with E-state index in [2.05, 4.69) is 12.2 Å². The Labute approximate surface area is 95.0 Å². The molecule has 15 heavy (non-hydrogen) atoms. The molecule has 0 bridgehead atoms. The topological polar surface area (TPSA) is 49.3 Å². The molecule has 0 amide bonds. The predicted molar refractivity (Wildman–Crippen MR) is 62.2 cm³/mol. The fourth-order valence-electron chi connectivity index (χ4n) is 2.29. The number of hydrogen-bond donors (Lipinski definition) is 2. The second-order valence-corrected chi connectivity index (χ2v) is 5.92. The van der Waals surface area contributed by atoms with Gasteiger partial charge in [0, 0.05) is 11.8 Å². The summed E-state index contributed by atoms with van der Waals surface area (Å²) in [7, 11) is 0. The molecule has 2 fully saturated rings. The van der Waals surface area contributed by atoms with Gasteiger partial charge in [-0.05, 0) is 44.3 Å². The second-order valence-electron chi connectivity index (χ2n) is 4.81. The highest BCUT2D eigenvalue weighted by Gasteiger charge is 2.43. The Bertz CT molecular complexity index is 247. The van der Waals surface area contributed by atoms with Crippen LogP contribution >= 0.6 is 11.8 Å². The quantitative estimate of drug-likeness (QED) is 0.770. The number of carbonyl (C=O) groups is 1. The Morgan fingerprint density at radius 3 is 2.80 bits per heavy atom. The van der Waals surface area contributed by atoms with Crippen LogP contribution in [0.5, 0.6) is 0 Å². The molecular formula is C11H19NO2S. The van der Waals surface area contributed by atoms with Crippen molar-refractivity contribution in [2.45, 2.75) is 44.2 Å². The van der Waals surface area contributed by atoms with Crippen LogP contribution in [0, 0.1) is 5.92 Å². The zero-order valence-electron chi connectivity index (χ0n) is 9.16. The minimum Gasteiger partial charge on any atom is -0.480 e. The number of rotatable bonds is 4. The molecule has 1 saturated carbocycles. The highest BCUT2D eigenvalue weighted by molar-refractivity contribution is 7.99. The largest absolute Gasteiger partial charge is 0.480 e. The Hall–Kier alpha value is -0.220. The van der Waals surface area contributed by atoms with Gasteiger partial charge in [0.2, 0.25) is 0 Å². The third kappa shape index (κ3) is 2.48. The van der Waals surface area contributed by atoms with Gasteiger partial charge in [0.1, 0.15) is 5.54 Å².